The van der Waals surface area contributed by atoms with E-state index in [0.29, 0.717) is 10.2 Å². The van der Waals surface area contributed by atoms with Crippen molar-refractivity contribution in [3.63, 3.8) is 0 Å². The molecule has 108 valence electrons. The van der Waals surface area contributed by atoms with Gasteiger partial charge in [-0.3, -0.25) is 5.43 Å². The Balaban J connectivity index is 2.12. The Morgan fingerprint density at radius 3 is 2.86 bits per heavy atom. The van der Waals surface area contributed by atoms with Crippen LogP contribution in [0.4, 0.5) is 14.7 Å². The van der Waals surface area contributed by atoms with Crippen molar-refractivity contribution in [3.8, 4) is 11.6 Å². The fraction of sp³-hybridized carbons (Fsp3) is 0.0769. The molecule has 5 nitrogen and oxygen atoms in total. The summed E-state index contributed by atoms with van der Waals surface area (Å²) < 4.78 is 32.3. The highest BCUT2D eigenvalue weighted by Gasteiger charge is 2.15. The Labute approximate surface area is 122 Å². The number of hydrogen-bond acceptors (Lipinski definition) is 6. The molecule has 0 saturated heterocycles. The van der Waals surface area contributed by atoms with Crippen LogP contribution in [-0.4, -0.2) is 9.97 Å². The summed E-state index contributed by atoms with van der Waals surface area (Å²) in [6, 6.07) is 5.50. The molecule has 2 heterocycles. The monoisotopic (exact) mass is 308 g/mol. The van der Waals surface area contributed by atoms with E-state index in [2.05, 4.69) is 15.4 Å². The standard InChI is InChI=1S/C13H10F2N4OS/c1-6-5-7-11(17-13(19-16)18-12(7)21-6)20-9-4-2-3-8(14)10(9)15/h2-5H,16H2,1H3,(H,17,18,19). The van der Waals surface area contributed by atoms with Crippen molar-refractivity contribution in [2.24, 2.45) is 5.84 Å². The summed E-state index contributed by atoms with van der Waals surface area (Å²) in [5.41, 5.74) is 2.32. The van der Waals surface area contributed by atoms with E-state index in [1.807, 2.05) is 13.0 Å². The summed E-state index contributed by atoms with van der Waals surface area (Å²) in [5, 5.41) is 0.611. The van der Waals surface area contributed by atoms with Crippen molar-refractivity contribution in [2.45, 2.75) is 6.92 Å². The summed E-state index contributed by atoms with van der Waals surface area (Å²) in [6.07, 6.45) is 0. The van der Waals surface area contributed by atoms with Gasteiger partial charge in [-0.2, -0.15) is 9.37 Å². The van der Waals surface area contributed by atoms with Gasteiger partial charge in [-0.1, -0.05) is 6.07 Å². The van der Waals surface area contributed by atoms with Crippen LogP contribution in [0.5, 0.6) is 11.6 Å². The lowest BCUT2D eigenvalue weighted by molar-refractivity contribution is 0.409. The fourth-order valence-corrected chi connectivity index (χ4v) is 2.70. The summed E-state index contributed by atoms with van der Waals surface area (Å²) in [6.45, 7) is 1.90. The average molecular weight is 308 g/mol. The number of fused-ring (bicyclic) bond motifs is 1. The number of nitrogens with zero attached hydrogens (tertiary/aromatic N) is 2. The maximum atomic E-state index is 13.7. The minimum atomic E-state index is -1.07. The Morgan fingerprint density at radius 1 is 1.29 bits per heavy atom. The first-order valence-electron chi connectivity index (χ1n) is 5.95. The first-order valence-corrected chi connectivity index (χ1v) is 6.77. The van der Waals surface area contributed by atoms with Crippen LogP contribution in [0.2, 0.25) is 0 Å². The largest absolute Gasteiger partial charge is 0.435 e. The van der Waals surface area contributed by atoms with Gasteiger partial charge < -0.3 is 4.74 Å². The molecule has 3 aromatic rings. The number of anilines is 1. The van der Waals surface area contributed by atoms with Crippen molar-refractivity contribution in [1.82, 2.24) is 9.97 Å². The molecule has 0 amide bonds. The number of nitrogen functional groups attached to an aromatic ring is 1. The molecule has 0 aliphatic rings. The molecule has 0 fully saturated rings. The number of hydrazine groups is 1. The molecule has 0 aliphatic carbocycles. The molecular formula is C13H10F2N4OS. The van der Waals surface area contributed by atoms with Crippen LogP contribution >= 0.6 is 11.3 Å². The number of nitrogens with one attached hydrogen (secondary N) is 1. The number of nitrogens with two attached hydrogens (primary N) is 1. The predicted octanol–water partition coefficient (Wildman–Crippen LogP) is 3.36. The maximum absolute atomic E-state index is 13.7. The molecule has 2 aromatic heterocycles. The van der Waals surface area contributed by atoms with Gasteiger partial charge in [-0.15, -0.1) is 11.3 Å². The number of hydrogen-bond donors (Lipinski definition) is 2. The number of aromatic nitrogens is 2. The van der Waals surface area contributed by atoms with Gasteiger partial charge in [-0.05, 0) is 25.1 Å². The number of rotatable bonds is 3. The van der Waals surface area contributed by atoms with Crippen LogP contribution in [-0.2, 0) is 0 Å². The zero-order valence-corrected chi connectivity index (χ0v) is 11.7. The Bertz CT molecular complexity index is 821. The van der Waals surface area contributed by atoms with Crippen LogP contribution in [0.25, 0.3) is 10.2 Å². The summed E-state index contributed by atoms with van der Waals surface area (Å²) in [5.74, 6) is 3.24. The minimum Gasteiger partial charge on any atom is -0.435 e. The molecule has 0 spiro atoms. The molecule has 0 bridgehead atoms. The lowest BCUT2D eigenvalue weighted by Gasteiger charge is -2.08. The second-order valence-electron chi connectivity index (χ2n) is 4.23. The number of halogens is 2. The molecule has 0 unspecified atom stereocenters. The van der Waals surface area contributed by atoms with E-state index >= 15 is 0 Å². The molecule has 21 heavy (non-hydrogen) atoms. The van der Waals surface area contributed by atoms with E-state index in [0.717, 1.165) is 10.9 Å². The van der Waals surface area contributed by atoms with Crippen LogP contribution in [0.3, 0.4) is 0 Å². The molecule has 0 radical (unpaired) electrons. The molecule has 3 rings (SSSR count). The number of aryl methyl sites for hydroxylation is 1. The van der Waals surface area contributed by atoms with Crippen LogP contribution in [0.15, 0.2) is 24.3 Å². The summed E-state index contributed by atoms with van der Waals surface area (Å²) >= 11 is 1.42. The van der Waals surface area contributed by atoms with Crippen LogP contribution in [0.1, 0.15) is 4.88 Å². The lowest BCUT2D eigenvalue weighted by Crippen LogP contribution is -2.10. The Morgan fingerprint density at radius 2 is 2.10 bits per heavy atom. The number of thiophene rings is 1. The van der Waals surface area contributed by atoms with E-state index in [9.17, 15) is 8.78 Å². The molecule has 0 atom stereocenters. The molecule has 1 aromatic carbocycles. The van der Waals surface area contributed by atoms with E-state index in [-0.39, 0.29) is 17.6 Å². The lowest BCUT2D eigenvalue weighted by atomic mass is 10.3. The molecule has 8 heteroatoms. The quantitative estimate of drug-likeness (QED) is 0.573. The SMILES string of the molecule is Cc1cc2c(Oc3cccc(F)c3F)nc(NN)nc2s1. The van der Waals surface area contributed by atoms with Crippen molar-refractivity contribution in [3.05, 3.63) is 40.8 Å². The van der Waals surface area contributed by atoms with Crippen molar-refractivity contribution in [2.75, 3.05) is 5.43 Å². The minimum absolute atomic E-state index is 0.113. The zero-order chi connectivity index (χ0) is 15.0. The van der Waals surface area contributed by atoms with Gasteiger partial charge in [0.1, 0.15) is 4.83 Å². The second kappa shape index (κ2) is 5.23. The van der Waals surface area contributed by atoms with Gasteiger partial charge in [0.05, 0.1) is 5.39 Å². The van der Waals surface area contributed by atoms with Crippen LogP contribution < -0.4 is 16.0 Å². The Hall–Kier alpha value is -2.32. The smallest absolute Gasteiger partial charge is 0.241 e. The first kappa shape index (κ1) is 13.7. The average Bonchev–Trinajstić information content (AvgIpc) is 2.84. The second-order valence-corrected chi connectivity index (χ2v) is 5.46. The van der Waals surface area contributed by atoms with E-state index in [1.54, 1.807) is 0 Å². The highest BCUT2D eigenvalue weighted by Crippen LogP contribution is 2.34. The molecule has 3 N–H and O–H groups in total. The normalized spacial score (nSPS) is 10.9. The van der Waals surface area contributed by atoms with Gasteiger partial charge in [-0.25, -0.2) is 15.2 Å². The van der Waals surface area contributed by atoms with Crippen LogP contribution in [0, 0.1) is 18.6 Å². The highest BCUT2D eigenvalue weighted by molar-refractivity contribution is 7.18. The predicted molar refractivity (Wildman–Crippen MR) is 76.4 cm³/mol. The molecular weight excluding hydrogens is 298 g/mol. The highest BCUT2D eigenvalue weighted by atomic mass is 32.1. The van der Waals surface area contributed by atoms with Gasteiger partial charge >= 0.3 is 0 Å². The van der Waals surface area contributed by atoms with Crippen molar-refractivity contribution in [1.29, 1.82) is 0 Å². The molecule has 0 saturated carbocycles. The van der Waals surface area contributed by atoms with Crippen molar-refractivity contribution >= 4 is 27.5 Å². The topological polar surface area (TPSA) is 73.1 Å². The van der Waals surface area contributed by atoms with E-state index < -0.39 is 11.6 Å². The maximum Gasteiger partial charge on any atom is 0.241 e. The zero-order valence-electron chi connectivity index (χ0n) is 10.9. The number of benzene rings is 1. The fourth-order valence-electron chi connectivity index (χ4n) is 1.83. The van der Waals surface area contributed by atoms with Gasteiger partial charge in [0.15, 0.2) is 11.6 Å². The van der Waals surface area contributed by atoms with Gasteiger partial charge in [0.2, 0.25) is 17.6 Å². The van der Waals surface area contributed by atoms with E-state index in [1.165, 1.54) is 23.5 Å². The third-order valence-electron chi connectivity index (χ3n) is 2.73. The summed E-state index contributed by atoms with van der Waals surface area (Å²) in [7, 11) is 0. The molecule has 0 aliphatic heterocycles. The Kier molecular flexibility index (Phi) is 3.40. The van der Waals surface area contributed by atoms with E-state index in [4.69, 9.17) is 10.6 Å². The third kappa shape index (κ3) is 2.50. The van der Waals surface area contributed by atoms with Gasteiger partial charge in [0, 0.05) is 4.88 Å². The first-order chi connectivity index (χ1) is 10.1. The number of ether oxygens (including phenoxy) is 1. The third-order valence-corrected chi connectivity index (χ3v) is 3.68. The summed E-state index contributed by atoms with van der Waals surface area (Å²) in [4.78, 5) is 9.85. The van der Waals surface area contributed by atoms with Gasteiger partial charge in [0.25, 0.3) is 0 Å². The van der Waals surface area contributed by atoms with Crippen molar-refractivity contribution < 1.29 is 13.5 Å².